The second-order valence-electron chi connectivity index (χ2n) is 3.84. The summed E-state index contributed by atoms with van der Waals surface area (Å²) in [6.45, 7) is 3.73. The molecule has 0 aliphatic carbocycles. The Hall–Kier alpha value is -0.610. The minimum atomic E-state index is -0.334. The molecule has 0 aromatic rings. The summed E-state index contributed by atoms with van der Waals surface area (Å²) in [6.07, 6.45) is 2.68. The van der Waals surface area contributed by atoms with Crippen LogP contribution >= 0.6 is 0 Å². The second-order valence-corrected chi connectivity index (χ2v) is 3.84. The highest BCUT2D eigenvalue weighted by Crippen LogP contribution is 1.92. The van der Waals surface area contributed by atoms with Crippen LogP contribution in [-0.2, 0) is 4.79 Å². The Morgan fingerprint density at radius 3 is 2.64 bits per heavy atom. The van der Waals surface area contributed by atoms with E-state index in [1.165, 1.54) is 0 Å². The van der Waals surface area contributed by atoms with Gasteiger partial charge in [-0.05, 0) is 33.5 Å². The first kappa shape index (κ1) is 13.4. The molecule has 0 spiro atoms. The van der Waals surface area contributed by atoms with Crippen LogP contribution < -0.4 is 11.1 Å². The lowest BCUT2D eigenvalue weighted by atomic mass is 10.2. The highest BCUT2D eigenvalue weighted by atomic mass is 16.2. The van der Waals surface area contributed by atoms with Crippen LogP contribution in [0.25, 0.3) is 0 Å². The fourth-order valence-corrected chi connectivity index (χ4v) is 1.18. The van der Waals surface area contributed by atoms with E-state index in [-0.39, 0.29) is 11.9 Å². The zero-order chi connectivity index (χ0) is 11.0. The van der Waals surface area contributed by atoms with Crippen molar-refractivity contribution in [1.29, 1.82) is 0 Å². The van der Waals surface area contributed by atoms with Crippen molar-refractivity contribution in [2.45, 2.75) is 32.2 Å². The molecule has 14 heavy (non-hydrogen) atoms. The number of nitrogens with one attached hydrogen (secondary N) is 1. The van der Waals surface area contributed by atoms with Crippen LogP contribution in [0.2, 0.25) is 0 Å². The molecule has 0 bridgehead atoms. The first-order valence-corrected chi connectivity index (χ1v) is 5.26. The van der Waals surface area contributed by atoms with Gasteiger partial charge in [-0.2, -0.15) is 0 Å². The maximum atomic E-state index is 11.3. The average molecular weight is 201 g/mol. The molecule has 3 N–H and O–H groups in total. The first-order valence-electron chi connectivity index (χ1n) is 5.26. The van der Waals surface area contributed by atoms with Crippen LogP contribution in [0, 0.1) is 0 Å². The molecular weight excluding hydrogens is 178 g/mol. The van der Waals surface area contributed by atoms with Crippen molar-refractivity contribution in [3.8, 4) is 0 Å². The van der Waals surface area contributed by atoms with Gasteiger partial charge in [0.25, 0.3) is 0 Å². The van der Waals surface area contributed by atoms with Gasteiger partial charge in [0.05, 0.1) is 6.04 Å². The average Bonchev–Trinajstić information content (AvgIpc) is 2.12. The maximum absolute atomic E-state index is 11.3. The number of amides is 1. The number of carbonyl (C=O) groups excluding carboxylic acids is 1. The predicted molar refractivity (Wildman–Crippen MR) is 59.1 cm³/mol. The third-order valence-electron chi connectivity index (χ3n) is 2.02. The molecular formula is C10H23N3O. The van der Waals surface area contributed by atoms with Crippen LogP contribution in [0.5, 0.6) is 0 Å². The Labute approximate surface area is 86.8 Å². The number of nitrogens with two attached hydrogens (primary N) is 1. The van der Waals surface area contributed by atoms with Gasteiger partial charge in [0.1, 0.15) is 0 Å². The van der Waals surface area contributed by atoms with Crippen molar-refractivity contribution in [2.75, 3.05) is 27.2 Å². The van der Waals surface area contributed by atoms with Gasteiger partial charge in [0, 0.05) is 6.54 Å². The smallest absolute Gasteiger partial charge is 0.236 e. The topological polar surface area (TPSA) is 58.4 Å². The van der Waals surface area contributed by atoms with Crippen molar-refractivity contribution in [2.24, 2.45) is 5.73 Å². The number of carbonyl (C=O) groups is 1. The van der Waals surface area contributed by atoms with Gasteiger partial charge in [-0.3, -0.25) is 4.79 Å². The SMILES string of the molecule is CCC[C@H](N)C(=O)NCCCN(C)C. The minimum absolute atomic E-state index is 0.0226. The van der Waals surface area contributed by atoms with Gasteiger partial charge >= 0.3 is 0 Å². The normalized spacial score (nSPS) is 12.9. The maximum Gasteiger partial charge on any atom is 0.236 e. The summed E-state index contributed by atoms with van der Waals surface area (Å²) in [5.74, 6) is -0.0226. The molecule has 0 aromatic heterocycles. The van der Waals surface area contributed by atoms with Crippen LogP contribution in [-0.4, -0.2) is 44.0 Å². The van der Waals surface area contributed by atoms with E-state index in [0.717, 1.165) is 25.8 Å². The van der Waals surface area contributed by atoms with Crippen LogP contribution in [0.1, 0.15) is 26.2 Å². The lowest BCUT2D eigenvalue weighted by Crippen LogP contribution is -2.41. The van der Waals surface area contributed by atoms with E-state index in [1.54, 1.807) is 0 Å². The lowest BCUT2D eigenvalue weighted by molar-refractivity contribution is -0.122. The summed E-state index contributed by atoms with van der Waals surface area (Å²) >= 11 is 0. The van der Waals surface area contributed by atoms with E-state index in [0.29, 0.717) is 6.54 Å². The summed E-state index contributed by atoms with van der Waals surface area (Å²) in [6, 6.07) is -0.334. The lowest BCUT2D eigenvalue weighted by Gasteiger charge is -2.12. The molecule has 0 aliphatic rings. The van der Waals surface area contributed by atoms with Crippen molar-refractivity contribution >= 4 is 5.91 Å². The fraction of sp³-hybridized carbons (Fsp3) is 0.900. The van der Waals surface area contributed by atoms with Gasteiger partial charge in [-0.15, -0.1) is 0 Å². The van der Waals surface area contributed by atoms with E-state index in [2.05, 4.69) is 10.2 Å². The fourth-order valence-electron chi connectivity index (χ4n) is 1.18. The number of hydrogen-bond donors (Lipinski definition) is 2. The van der Waals surface area contributed by atoms with E-state index < -0.39 is 0 Å². The predicted octanol–water partition coefficient (Wildman–Crippen LogP) is 0.182. The summed E-state index contributed by atoms with van der Waals surface area (Å²) in [7, 11) is 4.04. The highest BCUT2D eigenvalue weighted by Gasteiger charge is 2.10. The van der Waals surface area contributed by atoms with Gasteiger partial charge in [0.2, 0.25) is 5.91 Å². The summed E-state index contributed by atoms with van der Waals surface area (Å²) < 4.78 is 0. The molecule has 1 amide bonds. The summed E-state index contributed by atoms with van der Waals surface area (Å²) in [5.41, 5.74) is 5.65. The zero-order valence-corrected chi connectivity index (χ0v) is 9.55. The molecule has 0 fully saturated rings. The Morgan fingerprint density at radius 2 is 2.14 bits per heavy atom. The number of nitrogens with zero attached hydrogens (tertiary/aromatic N) is 1. The van der Waals surface area contributed by atoms with Gasteiger partial charge in [0.15, 0.2) is 0 Å². The van der Waals surface area contributed by atoms with E-state index >= 15 is 0 Å². The third-order valence-corrected chi connectivity index (χ3v) is 2.02. The molecule has 4 heteroatoms. The minimum Gasteiger partial charge on any atom is -0.355 e. The van der Waals surface area contributed by atoms with Crippen LogP contribution in [0.15, 0.2) is 0 Å². The molecule has 0 saturated heterocycles. The van der Waals surface area contributed by atoms with Gasteiger partial charge in [-0.25, -0.2) is 0 Å². The zero-order valence-electron chi connectivity index (χ0n) is 9.55. The van der Waals surface area contributed by atoms with Crippen molar-refractivity contribution < 1.29 is 4.79 Å². The molecule has 0 rings (SSSR count). The molecule has 0 aromatic carbocycles. The van der Waals surface area contributed by atoms with E-state index in [1.807, 2.05) is 21.0 Å². The number of rotatable bonds is 7. The Balaban J connectivity index is 3.44. The van der Waals surface area contributed by atoms with Gasteiger partial charge < -0.3 is 16.0 Å². The number of hydrogen-bond acceptors (Lipinski definition) is 3. The monoisotopic (exact) mass is 201 g/mol. The molecule has 0 saturated carbocycles. The van der Waals surface area contributed by atoms with Crippen LogP contribution in [0.3, 0.4) is 0 Å². The van der Waals surface area contributed by atoms with Crippen molar-refractivity contribution in [1.82, 2.24) is 10.2 Å². The summed E-state index contributed by atoms with van der Waals surface area (Å²) in [5, 5.41) is 2.83. The molecule has 4 nitrogen and oxygen atoms in total. The first-order chi connectivity index (χ1) is 6.57. The molecule has 0 aliphatic heterocycles. The molecule has 0 unspecified atom stereocenters. The van der Waals surface area contributed by atoms with Gasteiger partial charge in [-0.1, -0.05) is 13.3 Å². The third kappa shape index (κ3) is 6.86. The van der Waals surface area contributed by atoms with E-state index in [4.69, 9.17) is 5.73 Å². The molecule has 0 heterocycles. The Kier molecular flexibility index (Phi) is 7.42. The molecule has 84 valence electrons. The Bertz CT molecular complexity index is 159. The standard InChI is InChI=1S/C10H23N3O/c1-4-6-9(11)10(14)12-7-5-8-13(2)3/h9H,4-8,11H2,1-3H3,(H,12,14)/t9-/m0/s1. The Morgan fingerprint density at radius 1 is 1.50 bits per heavy atom. The quantitative estimate of drug-likeness (QED) is 0.578. The second kappa shape index (κ2) is 7.76. The molecule has 0 radical (unpaired) electrons. The van der Waals surface area contributed by atoms with Crippen LogP contribution in [0.4, 0.5) is 0 Å². The van der Waals surface area contributed by atoms with E-state index in [9.17, 15) is 4.79 Å². The van der Waals surface area contributed by atoms with Crippen molar-refractivity contribution in [3.63, 3.8) is 0 Å². The summed E-state index contributed by atoms with van der Waals surface area (Å²) in [4.78, 5) is 13.4. The van der Waals surface area contributed by atoms with Crippen molar-refractivity contribution in [3.05, 3.63) is 0 Å². The largest absolute Gasteiger partial charge is 0.355 e. The molecule has 1 atom stereocenters. The highest BCUT2D eigenvalue weighted by molar-refractivity contribution is 5.81.